The van der Waals surface area contributed by atoms with Crippen LogP contribution in [0.5, 0.6) is 28.7 Å². The van der Waals surface area contributed by atoms with Gasteiger partial charge in [-0.3, -0.25) is 4.79 Å². The number of methoxy groups -OCH3 is 5. The summed E-state index contributed by atoms with van der Waals surface area (Å²) >= 11 is 1.33. The van der Waals surface area contributed by atoms with Crippen LogP contribution in [0.1, 0.15) is 15.9 Å². The van der Waals surface area contributed by atoms with Crippen molar-refractivity contribution >= 4 is 38.8 Å². The minimum absolute atomic E-state index is 0.354. The number of rotatable bonds is 9. The van der Waals surface area contributed by atoms with Gasteiger partial charge in [-0.2, -0.15) is 10.1 Å². The second kappa shape index (κ2) is 11.0. The Balaban J connectivity index is 1.78. The van der Waals surface area contributed by atoms with E-state index in [0.29, 0.717) is 45.0 Å². The molecule has 0 spiro atoms. The number of amides is 1. The summed E-state index contributed by atoms with van der Waals surface area (Å²) in [5.41, 5.74) is 1.79. The van der Waals surface area contributed by atoms with Gasteiger partial charge >= 0.3 is 0 Å². The molecule has 0 atom stereocenters. The molecule has 0 radical (unpaired) electrons. The zero-order valence-corrected chi connectivity index (χ0v) is 21.3. The van der Waals surface area contributed by atoms with E-state index in [9.17, 15) is 4.79 Å². The molecule has 0 bridgehead atoms. The van der Waals surface area contributed by atoms with Crippen LogP contribution in [0.15, 0.2) is 59.7 Å². The van der Waals surface area contributed by atoms with E-state index in [1.54, 1.807) is 56.8 Å². The zero-order valence-electron chi connectivity index (χ0n) is 20.5. The third-order valence-electron chi connectivity index (χ3n) is 5.30. The molecule has 0 unspecified atom stereocenters. The molecule has 3 aromatic carbocycles. The van der Waals surface area contributed by atoms with E-state index < -0.39 is 0 Å². The zero-order chi connectivity index (χ0) is 25.7. The number of hydrazone groups is 1. The van der Waals surface area contributed by atoms with E-state index in [1.807, 2.05) is 18.2 Å². The lowest BCUT2D eigenvalue weighted by Gasteiger charge is -2.15. The largest absolute Gasteiger partial charge is 0.497 e. The van der Waals surface area contributed by atoms with Gasteiger partial charge in [-0.15, -0.1) is 0 Å². The van der Waals surface area contributed by atoms with Crippen LogP contribution in [0.2, 0.25) is 0 Å². The van der Waals surface area contributed by atoms with Crippen LogP contribution < -0.4 is 28.7 Å². The van der Waals surface area contributed by atoms with Gasteiger partial charge in [0.2, 0.25) is 10.9 Å². The molecule has 1 heterocycles. The van der Waals surface area contributed by atoms with Crippen molar-refractivity contribution in [3.05, 3.63) is 65.7 Å². The van der Waals surface area contributed by atoms with Gasteiger partial charge in [0.15, 0.2) is 11.5 Å². The Labute approximate surface area is 212 Å². The minimum Gasteiger partial charge on any atom is -0.497 e. The van der Waals surface area contributed by atoms with Crippen LogP contribution >= 0.6 is 11.3 Å². The average molecular weight is 508 g/mol. The van der Waals surface area contributed by atoms with Crippen molar-refractivity contribution < 1.29 is 28.5 Å². The van der Waals surface area contributed by atoms with Gasteiger partial charge in [0.05, 0.1) is 52.0 Å². The molecule has 10 heteroatoms. The Bertz CT molecular complexity index is 1380. The average Bonchev–Trinajstić information content (AvgIpc) is 3.35. The van der Waals surface area contributed by atoms with E-state index >= 15 is 0 Å². The minimum atomic E-state index is -0.354. The number of aromatic nitrogens is 1. The maximum atomic E-state index is 13.6. The van der Waals surface area contributed by atoms with Gasteiger partial charge in [-0.1, -0.05) is 11.3 Å². The molecule has 0 N–H and O–H groups in total. The lowest BCUT2D eigenvalue weighted by atomic mass is 10.2. The number of anilines is 1. The summed E-state index contributed by atoms with van der Waals surface area (Å²) in [5, 5.41) is 6.19. The number of fused-ring (bicyclic) bond motifs is 1. The first kappa shape index (κ1) is 24.8. The maximum absolute atomic E-state index is 13.6. The standard InChI is InChI=1S/C26H25N3O6S/c1-31-18-8-6-17(7-9-18)25(30)29(26-28-20-11-10-19(32-2)14-23(20)36-26)27-15-16-12-21(33-3)24(35-5)22(13-16)34-4/h6-15H,1-5H3/b27-15+. The number of ether oxygens (including phenoxy) is 5. The topological polar surface area (TPSA) is 91.7 Å². The van der Waals surface area contributed by atoms with Crippen molar-refractivity contribution in [2.75, 3.05) is 40.6 Å². The summed E-state index contributed by atoms with van der Waals surface area (Å²) in [5.74, 6) is 2.39. The summed E-state index contributed by atoms with van der Waals surface area (Å²) in [7, 11) is 7.77. The molecule has 4 aromatic rings. The van der Waals surface area contributed by atoms with Crippen LogP contribution in [-0.4, -0.2) is 52.7 Å². The highest BCUT2D eigenvalue weighted by Crippen LogP contribution is 2.38. The number of benzene rings is 3. The summed E-state index contributed by atoms with van der Waals surface area (Å²) < 4.78 is 27.6. The van der Waals surface area contributed by atoms with E-state index in [2.05, 4.69) is 10.1 Å². The quantitative estimate of drug-likeness (QED) is 0.232. The first-order valence-electron chi connectivity index (χ1n) is 10.8. The highest BCUT2D eigenvalue weighted by Gasteiger charge is 2.22. The second-order valence-corrected chi connectivity index (χ2v) is 8.39. The maximum Gasteiger partial charge on any atom is 0.280 e. The van der Waals surface area contributed by atoms with Crippen LogP contribution in [0.4, 0.5) is 5.13 Å². The van der Waals surface area contributed by atoms with Crippen molar-refractivity contribution in [1.29, 1.82) is 0 Å². The lowest BCUT2D eigenvalue weighted by Crippen LogP contribution is -2.25. The monoisotopic (exact) mass is 507 g/mol. The highest BCUT2D eigenvalue weighted by molar-refractivity contribution is 7.22. The van der Waals surface area contributed by atoms with Crippen LogP contribution in [0.25, 0.3) is 10.2 Å². The molecule has 0 saturated heterocycles. The van der Waals surface area contributed by atoms with Crippen LogP contribution in [0, 0.1) is 0 Å². The predicted molar refractivity (Wildman–Crippen MR) is 140 cm³/mol. The smallest absolute Gasteiger partial charge is 0.280 e. The number of hydrogen-bond acceptors (Lipinski definition) is 9. The number of thiazole rings is 1. The van der Waals surface area contributed by atoms with Crippen LogP contribution in [-0.2, 0) is 0 Å². The molecule has 0 aliphatic rings. The summed E-state index contributed by atoms with van der Waals surface area (Å²) in [6, 6.07) is 15.8. The highest BCUT2D eigenvalue weighted by atomic mass is 32.1. The van der Waals surface area contributed by atoms with Crippen molar-refractivity contribution in [1.82, 2.24) is 4.98 Å². The van der Waals surface area contributed by atoms with E-state index in [4.69, 9.17) is 23.7 Å². The van der Waals surface area contributed by atoms with Gasteiger partial charge in [-0.05, 0) is 54.6 Å². The Morgan fingerprint density at radius 1 is 0.833 bits per heavy atom. The molecule has 36 heavy (non-hydrogen) atoms. The fourth-order valence-corrected chi connectivity index (χ4v) is 4.41. The molecular formula is C26H25N3O6S. The molecule has 0 aliphatic carbocycles. The fraction of sp³-hybridized carbons (Fsp3) is 0.192. The molecule has 0 saturated carbocycles. The van der Waals surface area contributed by atoms with Crippen molar-refractivity contribution in [2.24, 2.45) is 5.10 Å². The Morgan fingerprint density at radius 3 is 2.06 bits per heavy atom. The molecule has 0 fully saturated rings. The molecule has 1 amide bonds. The molecule has 0 aliphatic heterocycles. The van der Waals surface area contributed by atoms with Gasteiger partial charge < -0.3 is 23.7 Å². The van der Waals surface area contributed by atoms with E-state index in [1.165, 1.54) is 37.7 Å². The molecule has 186 valence electrons. The summed E-state index contributed by atoms with van der Waals surface area (Å²) in [4.78, 5) is 18.2. The van der Waals surface area contributed by atoms with Crippen molar-refractivity contribution in [3.63, 3.8) is 0 Å². The fourth-order valence-electron chi connectivity index (χ4n) is 3.46. The predicted octanol–water partition coefficient (Wildman–Crippen LogP) is 5.02. The first-order valence-corrected chi connectivity index (χ1v) is 11.6. The van der Waals surface area contributed by atoms with Crippen molar-refractivity contribution in [2.45, 2.75) is 0 Å². The summed E-state index contributed by atoms with van der Waals surface area (Å²) in [6.45, 7) is 0. The summed E-state index contributed by atoms with van der Waals surface area (Å²) in [6.07, 6.45) is 1.54. The van der Waals surface area contributed by atoms with Crippen LogP contribution in [0.3, 0.4) is 0 Å². The van der Waals surface area contributed by atoms with E-state index in [-0.39, 0.29) is 5.91 Å². The Kier molecular flexibility index (Phi) is 7.55. The molecule has 9 nitrogen and oxygen atoms in total. The SMILES string of the molecule is COc1ccc(C(=O)N(/N=C/c2cc(OC)c(OC)c(OC)c2)c2nc3ccc(OC)cc3s2)cc1. The number of carbonyl (C=O) groups excluding carboxylic acids is 1. The number of carbonyl (C=O) groups is 1. The third kappa shape index (κ3) is 5.03. The third-order valence-corrected chi connectivity index (χ3v) is 6.30. The first-order chi connectivity index (χ1) is 17.5. The van der Waals surface area contributed by atoms with Crippen molar-refractivity contribution in [3.8, 4) is 28.7 Å². The molecule has 1 aromatic heterocycles. The van der Waals surface area contributed by atoms with Gasteiger partial charge in [0.25, 0.3) is 5.91 Å². The normalized spacial score (nSPS) is 10.9. The Hall–Kier alpha value is -4.31. The number of nitrogens with zero attached hydrogens (tertiary/aromatic N) is 3. The van der Waals surface area contributed by atoms with Gasteiger partial charge in [0, 0.05) is 11.1 Å². The lowest BCUT2D eigenvalue weighted by molar-refractivity contribution is 0.0988. The van der Waals surface area contributed by atoms with Gasteiger partial charge in [-0.25, -0.2) is 4.98 Å². The second-order valence-electron chi connectivity index (χ2n) is 7.38. The van der Waals surface area contributed by atoms with Gasteiger partial charge in [0.1, 0.15) is 11.5 Å². The van der Waals surface area contributed by atoms with E-state index in [0.717, 1.165) is 10.2 Å². The Morgan fingerprint density at radius 2 is 1.47 bits per heavy atom. The number of hydrogen-bond donors (Lipinski definition) is 0. The molecular weight excluding hydrogens is 482 g/mol. The molecule has 4 rings (SSSR count).